The van der Waals surface area contributed by atoms with Gasteiger partial charge in [0.25, 0.3) is 0 Å². The first-order valence-electron chi connectivity index (χ1n) is 7.06. The highest BCUT2D eigenvalue weighted by atomic mass is 16.7. The van der Waals surface area contributed by atoms with E-state index in [1.54, 1.807) is 10.6 Å². The van der Waals surface area contributed by atoms with Crippen LogP contribution in [-0.2, 0) is 13.6 Å². The zero-order chi connectivity index (χ0) is 14.8. The minimum absolute atomic E-state index is 0.352. The van der Waals surface area contributed by atoms with Crippen LogP contribution in [0.3, 0.4) is 0 Å². The third kappa shape index (κ3) is 2.86. The van der Waals surface area contributed by atoms with Gasteiger partial charge in [0.2, 0.25) is 5.88 Å². The van der Waals surface area contributed by atoms with Crippen molar-refractivity contribution in [3.63, 3.8) is 0 Å². The van der Waals surface area contributed by atoms with Crippen molar-refractivity contribution >= 4 is 17.1 Å². The molecule has 0 aliphatic carbocycles. The summed E-state index contributed by atoms with van der Waals surface area (Å²) in [6.45, 7) is 4.94. The molecule has 6 nitrogen and oxygen atoms in total. The van der Waals surface area contributed by atoms with E-state index in [1.165, 1.54) is 5.56 Å². The van der Waals surface area contributed by atoms with Gasteiger partial charge >= 0.3 is 6.16 Å². The van der Waals surface area contributed by atoms with E-state index in [0.717, 1.165) is 43.6 Å². The van der Waals surface area contributed by atoms with E-state index >= 15 is 0 Å². The van der Waals surface area contributed by atoms with Crippen LogP contribution in [0.4, 0.5) is 4.79 Å². The predicted molar refractivity (Wildman–Crippen MR) is 79.7 cm³/mol. The topological polar surface area (TPSA) is 66.7 Å². The lowest BCUT2D eigenvalue weighted by Gasteiger charge is -2.27. The van der Waals surface area contributed by atoms with Crippen molar-refractivity contribution in [3.8, 4) is 5.88 Å². The molecule has 1 aliphatic heterocycles. The molecule has 1 saturated heterocycles. The molecule has 1 fully saturated rings. The molecule has 1 aliphatic rings. The summed E-state index contributed by atoms with van der Waals surface area (Å²) >= 11 is 0. The number of aryl methyl sites for hydroxylation is 1. The van der Waals surface area contributed by atoms with E-state index in [0.29, 0.717) is 5.88 Å². The van der Waals surface area contributed by atoms with Gasteiger partial charge in [0, 0.05) is 51.2 Å². The van der Waals surface area contributed by atoms with Gasteiger partial charge in [0.1, 0.15) is 0 Å². The second kappa shape index (κ2) is 5.75. The first-order valence-corrected chi connectivity index (χ1v) is 7.06. The fourth-order valence-electron chi connectivity index (χ4n) is 2.90. The summed E-state index contributed by atoms with van der Waals surface area (Å²) in [6, 6.07) is 7.84. The number of hydrogen-bond donors (Lipinski definition) is 2. The van der Waals surface area contributed by atoms with E-state index in [9.17, 15) is 4.79 Å². The van der Waals surface area contributed by atoms with Gasteiger partial charge in [-0.3, -0.25) is 4.90 Å². The largest absolute Gasteiger partial charge is 0.512 e. The van der Waals surface area contributed by atoms with Crippen LogP contribution in [0.5, 0.6) is 5.88 Å². The lowest BCUT2D eigenvalue weighted by molar-refractivity contribution is 0.141. The monoisotopic (exact) mass is 289 g/mol. The highest BCUT2D eigenvalue weighted by Gasteiger charge is 2.16. The molecule has 0 amide bonds. The molecule has 0 bridgehead atoms. The molecule has 0 spiro atoms. The van der Waals surface area contributed by atoms with E-state index in [4.69, 9.17) is 9.84 Å². The normalized spacial score (nSPS) is 16.2. The standard InChI is InChI=1S/C15H19N3O3/c1-17-13(21-15(19)20)9-11-3-2-4-12(14(11)17)10-18-7-5-16-6-8-18/h2-4,9,16H,5-8,10H2,1H3,(H,19,20). The molecule has 2 N–H and O–H groups in total. The number of hydrogen-bond acceptors (Lipinski definition) is 4. The Morgan fingerprint density at radius 3 is 2.86 bits per heavy atom. The molecule has 0 unspecified atom stereocenters. The van der Waals surface area contributed by atoms with Gasteiger partial charge in [-0.15, -0.1) is 0 Å². The van der Waals surface area contributed by atoms with Gasteiger partial charge in [-0.05, 0) is 5.56 Å². The van der Waals surface area contributed by atoms with Crippen LogP contribution in [0, 0.1) is 0 Å². The van der Waals surface area contributed by atoms with E-state index in [2.05, 4.69) is 16.3 Å². The summed E-state index contributed by atoms with van der Waals surface area (Å²) in [7, 11) is 1.84. The van der Waals surface area contributed by atoms with Gasteiger partial charge in [0.05, 0.1) is 5.52 Å². The van der Waals surface area contributed by atoms with Crippen molar-refractivity contribution in [2.45, 2.75) is 6.54 Å². The van der Waals surface area contributed by atoms with Gasteiger partial charge in [-0.2, -0.15) is 0 Å². The summed E-state index contributed by atoms with van der Waals surface area (Å²) < 4.78 is 6.64. The Balaban J connectivity index is 1.94. The van der Waals surface area contributed by atoms with Crippen molar-refractivity contribution in [1.29, 1.82) is 0 Å². The quantitative estimate of drug-likeness (QED) is 0.841. The van der Waals surface area contributed by atoms with E-state index in [1.807, 2.05) is 19.2 Å². The minimum atomic E-state index is -1.29. The molecule has 0 atom stereocenters. The SMILES string of the molecule is Cn1c(OC(=O)O)cc2cccc(CN3CCNCC3)c21. The second-order valence-electron chi connectivity index (χ2n) is 5.29. The lowest BCUT2D eigenvalue weighted by atomic mass is 10.1. The average molecular weight is 289 g/mol. The summed E-state index contributed by atoms with van der Waals surface area (Å²) in [5.41, 5.74) is 2.23. The Bertz CT molecular complexity index is 659. The van der Waals surface area contributed by atoms with Crippen LogP contribution in [0.1, 0.15) is 5.56 Å². The maximum atomic E-state index is 10.7. The van der Waals surface area contributed by atoms with Gasteiger partial charge in [0.15, 0.2) is 0 Å². The highest BCUT2D eigenvalue weighted by Crippen LogP contribution is 2.28. The number of carbonyl (C=O) groups is 1. The zero-order valence-corrected chi connectivity index (χ0v) is 12.0. The number of piperazine rings is 1. The lowest BCUT2D eigenvalue weighted by Crippen LogP contribution is -2.42. The van der Waals surface area contributed by atoms with Crippen molar-refractivity contribution < 1.29 is 14.6 Å². The molecule has 3 rings (SSSR count). The number of nitrogens with one attached hydrogen (secondary N) is 1. The number of carboxylic acid groups (broad SMARTS) is 1. The summed E-state index contributed by atoms with van der Waals surface area (Å²) in [6.07, 6.45) is -1.29. The van der Waals surface area contributed by atoms with Crippen molar-refractivity contribution in [2.75, 3.05) is 26.2 Å². The number of ether oxygens (including phenoxy) is 1. The first-order chi connectivity index (χ1) is 10.1. The van der Waals surface area contributed by atoms with E-state index in [-0.39, 0.29) is 0 Å². The molecule has 6 heteroatoms. The smallest absolute Gasteiger partial charge is 0.449 e. The fourth-order valence-corrected chi connectivity index (χ4v) is 2.90. The summed E-state index contributed by atoms with van der Waals surface area (Å²) in [4.78, 5) is 13.1. The first kappa shape index (κ1) is 13.9. The van der Waals surface area contributed by atoms with Gasteiger partial charge < -0.3 is 19.7 Å². The molecule has 21 heavy (non-hydrogen) atoms. The molecule has 112 valence electrons. The fraction of sp³-hybridized carbons (Fsp3) is 0.400. The Morgan fingerprint density at radius 1 is 1.38 bits per heavy atom. The molecule has 1 aromatic heterocycles. The van der Waals surface area contributed by atoms with Crippen LogP contribution in [-0.4, -0.2) is 46.9 Å². The minimum Gasteiger partial charge on any atom is -0.449 e. The number of para-hydroxylation sites is 1. The Hall–Kier alpha value is -2.05. The summed E-state index contributed by atoms with van der Waals surface area (Å²) in [5, 5.41) is 13.1. The number of benzene rings is 1. The number of rotatable bonds is 3. The van der Waals surface area contributed by atoms with Crippen LogP contribution < -0.4 is 10.1 Å². The molecule has 2 aromatic rings. The average Bonchev–Trinajstić information content (AvgIpc) is 2.77. The third-order valence-electron chi connectivity index (χ3n) is 3.89. The molecule has 0 radical (unpaired) electrons. The number of fused-ring (bicyclic) bond motifs is 1. The Labute approximate surface area is 122 Å². The van der Waals surface area contributed by atoms with Gasteiger partial charge in [-0.25, -0.2) is 4.79 Å². The maximum absolute atomic E-state index is 10.7. The highest BCUT2D eigenvalue weighted by molar-refractivity contribution is 5.86. The zero-order valence-electron chi connectivity index (χ0n) is 12.0. The van der Waals surface area contributed by atoms with Crippen LogP contribution in [0.2, 0.25) is 0 Å². The second-order valence-corrected chi connectivity index (χ2v) is 5.29. The van der Waals surface area contributed by atoms with Gasteiger partial charge in [-0.1, -0.05) is 18.2 Å². The van der Waals surface area contributed by atoms with Crippen molar-refractivity contribution in [1.82, 2.24) is 14.8 Å². The summed E-state index contributed by atoms with van der Waals surface area (Å²) in [5.74, 6) is 0.352. The predicted octanol–water partition coefficient (Wildman–Crippen LogP) is 1.64. The van der Waals surface area contributed by atoms with Crippen LogP contribution in [0.15, 0.2) is 24.3 Å². The van der Waals surface area contributed by atoms with Crippen molar-refractivity contribution in [2.24, 2.45) is 7.05 Å². The maximum Gasteiger partial charge on any atom is 0.512 e. The number of aromatic nitrogens is 1. The van der Waals surface area contributed by atoms with Crippen LogP contribution in [0.25, 0.3) is 10.9 Å². The Kier molecular flexibility index (Phi) is 3.81. The van der Waals surface area contributed by atoms with Crippen molar-refractivity contribution in [3.05, 3.63) is 29.8 Å². The Morgan fingerprint density at radius 2 is 2.14 bits per heavy atom. The number of nitrogens with zero attached hydrogens (tertiary/aromatic N) is 2. The molecule has 1 aromatic carbocycles. The molecule has 0 saturated carbocycles. The van der Waals surface area contributed by atoms with E-state index < -0.39 is 6.16 Å². The molecular weight excluding hydrogens is 270 g/mol. The molecular formula is C15H19N3O3. The molecule has 2 heterocycles. The van der Waals surface area contributed by atoms with Crippen LogP contribution >= 0.6 is 0 Å². The third-order valence-corrected chi connectivity index (χ3v) is 3.89.